The van der Waals surface area contributed by atoms with Crippen LogP contribution < -0.4 is 19.9 Å². The summed E-state index contributed by atoms with van der Waals surface area (Å²) in [5.74, 6) is 0. The smallest absolute Gasteiger partial charge is 0.410 e. The average Bonchev–Trinajstić information content (AvgIpc) is 3.72. The van der Waals surface area contributed by atoms with Crippen molar-refractivity contribution in [1.82, 2.24) is 29.5 Å². The van der Waals surface area contributed by atoms with E-state index < -0.39 is 25.8 Å². The fourth-order valence-electron chi connectivity index (χ4n) is 4.83. The Balaban J connectivity index is 0.000000277. The van der Waals surface area contributed by atoms with Crippen LogP contribution in [0.3, 0.4) is 0 Å². The molecule has 1 amide bonds. The van der Waals surface area contributed by atoms with Crippen LogP contribution >= 0.6 is 12.4 Å². The maximum atomic E-state index is 12.0. The number of sulfonamides is 1. The van der Waals surface area contributed by atoms with Gasteiger partial charge in [-0.3, -0.25) is 9.80 Å². The van der Waals surface area contributed by atoms with Crippen molar-refractivity contribution in [3.63, 3.8) is 0 Å². The topological polar surface area (TPSA) is 166 Å². The number of carbonyl (C=O) groups is 1. The quantitative estimate of drug-likeness (QED) is 0.279. The van der Waals surface area contributed by atoms with Gasteiger partial charge in [-0.2, -0.15) is 8.42 Å². The molecule has 0 aromatic carbocycles. The van der Waals surface area contributed by atoms with Crippen LogP contribution in [0.15, 0.2) is 0 Å². The van der Waals surface area contributed by atoms with E-state index in [2.05, 4.69) is 24.6 Å². The number of hydrogen-bond donors (Lipinski definition) is 4. The van der Waals surface area contributed by atoms with Crippen molar-refractivity contribution in [2.24, 2.45) is 5.14 Å². The summed E-state index contributed by atoms with van der Waals surface area (Å²) in [4.78, 5) is 18.4. The van der Waals surface area contributed by atoms with Gasteiger partial charge in [-0.25, -0.2) is 27.8 Å². The highest BCUT2D eigenvalue weighted by molar-refractivity contribution is 7.88. The molecule has 0 aromatic rings. The number of rotatable bonds is 8. The van der Waals surface area contributed by atoms with Gasteiger partial charge in [-0.05, 0) is 46.5 Å². The van der Waals surface area contributed by atoms with E-state index in [0.29, 0.717) is 26.2 Å². The minimum absolute atomic E-state index is 0. The summed E-state index contributed by atoms with van der Waals surface area (Å²) < 4.78 is 54.6. The molecule has 2 heterocycles. The fourth-order valence-corrected chi connectivity index (χ4v) is 5.83. The molecule has 0 atom stereocenters. The van der Waals surface area contributed by atoms with Crippen molar-refractivity contribution in [3.8, 4) is 0 Å². The number of amides is 1. The van der Waals surface area contributed by atoms with Crippen LogP contribution in [0.1, 0.15) is 46.5 Å². The minimum Gasteiger partial charge on any atom is -0.444 e. The van der Waals surface area contributed by atoms with Crippen molar-refractivity contribution < 1.29 is 26.4 Å². The number of halogens is 1. The van der Waals surface area contributed by atoms with Gasteiger partial charge in [0.05, 0.1) is 6.26 Å². The molecule has 2 aliphatic heterocycles. The van der Waals surface area contributed by atoms with Crippen LogP contribution in [0.2, 0.25) is 0 Å². The third kappa shape index (κ3) is 10.7. The van der Waals surface area contributed by atoms with Crippen LogP contribution in [-0.2, 0) is 25.0 Å². The zero-order valence-corrected chi connectivity index (χ0v) is 25.4. The van der Waals surface area contributed by atoms with E-state index >= 15 is 0 Å². The van der Waals surface area contributed by atoms with E-state index in [0.717, 1.165) is 65.0 Å². The predicted octanol–water partition coefficient (Wildman–Crippen LogP) is -0.740. The highest BCUT2D eigenvalue weighted by Gasteiger charge is 2.49. The maximum absolute atomic E-state index is 12.0. The molecule has 0 unspecified atom stereocenters. The number of nitrogens with one attached hydrogen (secondary N) is 3. The van der Waals surface area contributed by atoms with Gasteiger partial charge in [-0.15, -0.1) is 12.4 Å². The first-order chi connectivity index (χ1) is 17.0. The molecule has 224 valence electrons. The van der Waals surface area contributed by atoms with Gasteiger partial charge in [0.1, 0.15) is 5.60 Å². The molecule has 13 nitrogen and oxygen atoms in total. The first kappa shape index (κ1) is 33.4. The van der Waals surface area contributed by atoms with Gasteiger partial charge in [0.15, 0.2) is 0 Å². The molecule has 2 saturated heterocycles. The summed E-state index contributed by atoms with van der Waals surface area (Å²) in [6.07, 6.45) is 5.05. The molecule has 2 aliphatic carbocycles. The number of ether oxygens (including phenoxy) is 1. The second kappa shape index (κ2) is 12.8. The van der Waals surface area contributed by atoms with Crippen LogP contribution in [0.4, 0.5) is 4.79 Å². The fraction of sp³-hybridized carbons (Fsp3) is 0.955. The van der Waals surface area contributed by atoms with Gasteiger partial charge in [0.25, 0.3) is 10.2 Å². The molecule has 4 aliphatic rings. The Morgan fingerprint density at radius 3 is 1.71 bits per heavy atom. The van der Waals surface area contributed by atoms with E-state index in [1.807, 2.05) is 20.8 Å². The zero-order chi connectivity index (χ0) is 27.5. The highest BCUT2D eigenvalue weighted by atomic mass is 35.5. The minimum atomic E-state index is -3.55. The molecular weight excluding hydrogens is 558 g/mol. The molecule has 4 rings (SSSR count). The molecule has 5 N–H and O–H groups in total. The zero-order valence-electron chi connectivity index (χ0n) is 23.0. The summed E-state index contributed by atoms with van der Waals surface area (Å²) >= 11 is 0. The molecule has 0 aromatic heterocycles. The van der Waals surface area contributed by atoms with E-state index in [1.165, 1.54) is 6.26 Å². The molecule has 38 heavy (non-hydrogen) atoms. The summed E-state index contributed by atoms with van der Waals surface area (Å²) in [5.41, 5.74) is -0.483. The molecule has 16 heteroatoms. The lowest BCUT2D eigenvalue weighted by Crippen LogP contribution is -2.56. The van der Waals surface area contributed by atoms with Crippen molar-refractivity contribution in [1.29, 1.82) is 0 Å². The predicted molar refractivity (Wildman–Crippen MR) is 149 cm³/mol. The van der Waals surface area contributed by atoms with Gasteiger partial charge in [0, 0.05) is 76.5 Å². The summed E-state index contributed by atoms with van der Waals surface area (Å²) in [7, 11) is -6.71. The lowest BCUT2D eigenvalue weighted by atomic mass is 10.2. The normalized spacial score (nSPS) is 23.4. The Morgan fingerprint density at radius 1 is 0.868 bits per heavy atom. The Labute approximate surface area is 234 Å². The lowest BCUT2D eigenvalue weighted by Gasteiger charge is -2.40. The third-order valence-corrected chi connectivity index (χ3v) is 8.53. The SMILES string of the molecule is CC(C)(C)OC(=O)N1CCN(C2(CNS(C)(=O)=O)CC2)CC1.Cl.NS(=O)(=O)NCC1(N2CCNCC2)CC1. The second-order valence-corrected chi connectivity index (χ2v) is 14.8. The van der Waals surface area contributed by atoms with E-state index in [4.69, 9.17) is 9.88 Å². The number of nitrogens with zero attached hydrogens (tertiary/aromatic N) is 3. The maximum Gasteiger partial charge on any atom is 0.410 e. The average molecular weight is 604 g/mol. The second-order valence-electron chi connectivity index (χ2n) is 11.6. The van der Waals surface area contributed by atoms with Crippen molar-refractivity contribution >= 4 is 38.7 Å². The van der Waals surface area contributed by atoms with E-state index in [9.17, 15) is 21.6 Å². The van der Waals surface area contributed by atoms with Crippen molar-refractivity contribution in [2.75, 3.05) is 71.7 Å². The third-order valence-electron chi connectivity index (χ3n) is 7.31. The van der Waals surface area contributed by atoms with Gasteiger partial charge < -0.3 is 15.0 Å². The van der Waals surface area contributed by atoms with Crippen molar-refractivity contribution in [3.05, 3.63) is 0 Å². The van der Waals surface area contributed by atoms with Crippen LogP contribution in [0.25, 0.3) is 0 Å². The molecule has 0 radical (unpaired) electrons. The van der Waals surface area contributed by atoms with Gasteiger partial charge in [0.2, 0.25) is 10.0 Å². The summed E-state index contributed by atoms with van der Waals surface area (Å²) in [6.45, 7) is 13.2. The van der Waals surface area contributed by atoms with Crippen LogP contribution in [0.5, 0.6) is 0 Å². The molecule has 2 saturated carbocycles. The van der Waals surface area contributed by atoms with Gasteiger partial charge in [-0.1, -0.05) is 0 Å². The Hall–Kier alpha value is -0.780. The van der Waals surface area contributed by atoms with E-state index in [-0.39, 0.29) is 29.6 Å². The van der Waals surface area contributed by atoms with Crippen LogP contribution in [-0.4, -0.2) is 126 Å². The Morgan fingerprint density at radius 2 is 1.32 bits per heavy atom. The Bertz CT molecular complexity index is 1000. The monoisotopic (exact) mass is 603 g/mol. The number of piperazine rings is 2. The number of nitrogens with two attached hydrogens (primary N) is 1. The summed E-state index contributed by atoms with van der Waals surface area (Å²) in [6, 6.07) is 0. The number of carbonyl (C=O) groups excluding carboxylic acids is 1. The molecular formula is C22H46ClN7O6S2. The van der Waals surface area contributed by atoms with Gasteiger partial charge >= 0.3 is 6.09 Å². The highest BCUT2D eigenvalue weighted by Crippen LogP contribution is 2.42. The summed E-state index contributed by atoms with van der Waals surface area (Å²) in [5, 5.41) is 8.21. The first-order valence-electron chi connectivity index (χ1n) is 12.9. The molecule has 0 spiro atoms. The standard InChI is InChI=1S/C14H27N3O4S.C8H18N4O2S.ClH/c1-13(2,3)21-12(18)16-7-9-17(10-8-16)14(5-6-14)11-15-22(4,19)20;9-15(13,14)11-7-8(1-2-8)12-5-3-10-4-6-12;/h15H,5-11H2,1-4H3;10-11H,1-7H2,(H2,9,13,14);1H. The largest absolute Gasteiger partial charge is 0.444 e. The lowest BCUT2D eigenvalue weighted by molar-refractivity contribution is 0.00881. The van der Waals surface area contributed by atoms with Crippen LogP contribution in [0, 0.1) is 0 Å². The van der Waals surface area contributed by atoms with E-state index in [1.54, 1.807) is 4.90 Å². The van der Waals surface area contributed by atoms with Crippen molar-refractivity contribution in [2.45, 2.75) is 63.1 Å². The molecule has 4 fully saturated rings. The molecule has 0 bridgehead atoms. The number of hydrogen-bond acceptors (Lipinski definition) is 9. The Kier molecular flexibility index (Phi) is 11.3. The first-order valence-corrected chi connectivity index (χ1v) is 16.4.